The highest BCUT2D eigenvalue weighted by atomic mass is 16.5. The molecule has 0 aliphatic carbocycles. The Morgan fingerprint density at radius 2 is 1.29 bits per heavy atom. The number of benzene rings is 4. The van der Waals surface area contributed by atoms with Gasteiger partial charge in [-0.3, -0.25) is 8.80 Å². The van der Waals surface area contributed by atoms with E-state index in [4.69, 9.17) is 19.7 Å². The molecule has 0 amide bonds. The van der Waals surface area contributed by atoms with Crippen molar-refractivity contribution in [2.75, 3.05) is 0 Å². The number of pyridine rings is 3. The molecule has 0 saturated carbocycles. The van der Waals surface area contributed by atoms with Gasteiger partial charge in [-0.05, 0) is 72.3 Å². The highest BCUT2D eigenvalue weighted by Gasteiger charge is 2.16. The van der Waals surface area contributed by atoms with Crippen LogP contribution in [0.25, 0.3) is 66.0 Å². The van der Waals surface area contributed by atoms with Crippen LogP contribution in [0.15, 0.2) is 122 Å². The second-order valence-corrected chi connectivity index (χ2v) is 10.7. The number of rotatable bonds is 3. The van der Waals surface area contributed by atoms with Crippen molar-refractivity contribution in [1.29, 1.82) is 0 Å². The van der Waals surface area contributed by atoms with Gasteiger partial charge in [-0.2, -0.15) is 0 Å². The second-order valence-electron chi connectivity index (χ2n) is 10.7. The summed E-state index contributed by atoms with van der Waals surface area (Å²) >= 11 is 0. The Morgan fingerprint density at radius 1 is 0.595 bits per heavy atom. The van der Waals surface area contributed by atoms with Crippen molar-refractivity contribution < 1.29 is 4.74 Å². The monoisotopic (exact) mass is 541 g/mol. The molecule has 5 aromatic heterocycles. The summed E-state index contributed by atoms with van der Waals surface area (Å²) in [6, 6.07) is 35.3. The standard InChI is InChI=1S/C36H23N5O/c1-22-21-40-32-12-6-5-10-28(32)26-15-13-25(19-31(26)36(40)39-22)42-24-14-16-27-29-11-7-17-37-34(29)41-33(23-8-3-2-4-9-23)20-38-35(41)30(27)18-24/h2-21H,1H3. The van der Waals surface area contributed by atoms with Crippen LogP contribution in [0.1, 0.15) is 5.69 Å². The van der Waals surface area contributed by atoms with Crippen LogP contribution in [0.5, 0.6) is 11.5 Å². The maximum atomic E-state index is 6.53. The molecule has 0 aliphatic heterocycles. The molecule has 42 heavy (non-hydrogen) atoms. The van der Waals surface area contributed by atoms with E-state index in [1.807, 2.05) is 55.7 Å². The van der Waals surface area contributed by atoms with E-state index in [0.717, 1.165) is 77.8 Å². The Morgan fingerprint density at radius 3 is 2.12 bits per heavy atom. The van der Waals surface area contributed by atoms with E-state index in [9.17, 15) is 0 Å². The van der Waals surface area contributed by atoms with Gasteiger partial charge in [0.1, 0.15) is 28.4 Å². The summed E-state index contributed by atoms with van der Waals surface area (Å²) in [5, 5.41) is 6.56. The van der Waals surface area contributed by atoms with Crippen molar-refractivity contribution in [1.82, 2.24) is 23.8 Å². The van der Waals surface area contributed by atoms with Gasteiger partial charge in [0.25, 0.3) is 0 Å². The van der Waals surface area contributed by atoms with Gasteiger partial charge in [0.15, 0.2) is 0 Å². The smallest absolute Gasteiger partial charge is 0.146 e. The fourth-order valence-electron chi connectivity index (χ4n) is 6.29. The number of aryl methyl sites for hydroxylation is 1. The average Bonchev–Trinajstić information content (AvgIpc) is 3.66. The van der Waals surface area contributed by atoms with Crippen LogP contribution in [0.2, 0.25) is 0 Å². The van der Waals surface area contributed by atoms with Crippen LogP contribution in [0.4, 0.5) is 0 Å². The number of aromatic nitrogens is 5. The summed E-state index contributed by atoms with van der Waals surface area (Å²) in [6.45, 7) is 2.03. The van der Waals surface area contributed by atoms with E-state index >= 15 is 0 Å². The third kappa shape index (κ3) is 3.29. The molecule has 0 atom stereocenters. The summed E-state index contributed by atoms with van der Waals surface area (Å²) in [5.74, 6) is 1.50. The molecule has 9 aromatic rings. The van der Waals surface area contributed by atoms with Gasteiger partial charge in [0.2, 0.25) is 0 Å². The fourth-order valence-corrected chi connectivity index (χ4v) is 6.29. The minimum absolute atomic E-state index is 0.743. The Bertz CT molecular complexity index is 2510. The first-order valence-electron chi connectivity index (χ1n) is 13.9. The number of hydrogen-bond acceptors (Lipinski definition) is 4. The van der Waals surface area contributed by atoms with Crippen LogP contribution in [-0.4, -0.2) is 23.8 Å². The lowest BCUT2D eigenvalue weighted by atomic mass is 10.1. The third-order valence-electron chi connectivity index (χ3n) is 8.10. The molecule has 0 spiro atoms. The molecule has 198 valence electrons. The molecule has 5 heterocycles. The quantitative estimate of drug-likeness (QED) is 0.210. The largest absolute Gasteiger partial charge is 0.457 e. The molecular formula is C36H23N5O. The Hall–Kier alpha value is -5.75. The zero-order chi connectivity index (χ0) is 27.8. The fraction of sp³-hybridized carbons (Fsp3) is 0.0278. The highest BCUT2D eigenvalue weighted by Crippen LogP contribution is 2.37. The molecule has 0 radical (unpaired) electrons. The third-order valence-corrected chi connectivity index (χ3v) is 8.10. The lowest BCUT2D eigenvalue weighted by molar-refractivity contribution is 0.484. The highest BCUT2D eigenvalue weighted by molar-refractivity contribution is 6.13. The van der Waals surface area contributed by atoms with Gasteiger partial charge < -0.3 is 4.74 Å². The topological polar surface area (TPSA) is 56.7 Å². The first-order chi connectivity index (χ1) is 20.7. The van der Waals surface area contributed by atoms with Crippen LogP contribution in [-0.2, 0) is 0 Å². The molecule has 0 N–H and O–H groups in total. The minimum atomic E-state index is 0.743. The predicted octanol–water partition coefficient (Wildman–Crippen LogP) is 8.76. The Kier molecular flexibility index (Phi) is 4.72. The minimum Gasteiger partial charge on any atom is -0.457 e. The predicted molar refractivity (Wildman–Crippen MR) is 168 cm³/mol. The van der Waals surface area contributed by atoms with Crippen LogP contribution in [0, 0.1) is 6.92 Å². The lowest BCUT2D eigenvalue weighted by Gasteiger charge is -2.13. The molecule has 6 nitrogen and oxygen atoms in total. The van der Waals surface area contributed by atoms with Crippen LogP contribution in [0.3, 0.4) is 0 Å². The number of fused-ring (bicyclic) bond motifs is 12. The average molecular weight is 542 g/mol. The van der Waals surface area contributed by atoms with E-state index in [-0.39, 0.29) is 0 Å². The van der Waals surface area contributed by atoms with Crippen molar-refractivity contribution in [3.05, 3.63) is 127 Å². The van der Waals surface area contributed by atoms with Crippen molar-refractivity contribution in [2.45, 2.75) is 6.92 Å². The van der Waals surface area contributed by atoms with Gasteiger partial charge in [-0.25, -0.2) is 15.0 Å². The molecule has 0 fully saturated rings. The van der Waals surface area contributed by atoms with Gasteiger partial charge in [0.05, 0.1) is 23.1 Å². The second kappa shape index (κ2) is 8.62. The Balaban J connectivity index is 1.23. The van der Waals surface area contributed by atoms with E-state index in [1.165, 1.54) is 5.39 Å². The van der Waals surface area contributed by atoms with Crippen molar-refractivity contribution in [3.63, 3.8) is 0 Å². The number of ether oxygens (including phenoxy) is 1. The molecular weight excluding hydrogens is 518 g/mol. The molecule has 6 heteroatoms. The van der Waals surface area contributed by atoms with Gasteiger partial charge in [-0.15, -0.1) is 0 Å². The molecule has 0 saturated heterocycles. The van der Waals surface area contributed by atoms with Gasteiger partial charge in [-0.1, -0.05) is 48.5 Å². The zero-order valence-electron chi connectivity index (χ0n) is 22.7. The van der Waals surface area contributed by atoms with Crippen molar-refractivity contribution >= 4 is 54.8 Å². The zero-order valence-corrected chi connectivity index (χ0v) is 22.7. The maximum absolute atomic E-state index is 6.53. The van der Waals surface area contributed by atoms with Gasteiger partial charge in [0, 0.05) is 39.5 Å². The summed E-state index contributed by atoms with van der Waals surface area (Å²) in [5.41, 5.74) is 6.87. The summed E-state index contributed by atoms with van der Waals surface area (Å²) in [7, 11) is 0. The summed E-state index contributed by atoms with van der Waals surface area (Å²) in [6.07, 6.45) is 5.85. The summed E-state index contributed by atoms with van der Waals surface area (Å²) in [4.78, 5) is 14.5. The molecule has 0 bridgehead atoms. The SMILES string of the molecule is Cc1cn2c3ccccc3c3ccc(Oc4ccc5c6cccnc6n6c(-c7ccccc7)cnc6c5c4)cc3c2n1. The number of nitrogens with zero attached hydrogens (tertiary/aromatic N) is 5. The normalized spacial score (nSPS) is 11.9. The number of hydrogen-bond donors (Lipinski definition) is 0. The van der Waals surface area contributed by atoms with Gasteiger partial charge >= 0.3 is 0 Å². The molecule has 9 rings (SSSR count). The Labute approximate surface area is 240 Å². The lowest BCUT2D eigenvalue weighted by Crippen LogP contribution is -1.96. The molecule has 0 unspecified atom stereocenters. The molecule has 0 aliphatic rings. The van der Waals surface area contributed by atoms with E-state index in [1.54, 1.807) is 0 Å². The summed E-state index contributed by atoms with van der Waals surface area (Å²) < 4.78 is 10.8. The van der Waals surface area contributed by atoms with E-state index < -0.39 is 0 Å². The number of imidazole rings is 2. The van der Waals surface area contributed by atoms with Crippen LogP contribution < -0.4 is 4.74 Å². The number of para-hydroxylation sites is 1. The first-order valence-corrected chi connectivity index (χ1v) is 13.9. The van der Waals surface area contributed by atoms with Crippen molar-refractivity contribution in [2.24, 2.45) is 0 Å². The van der Waals surface area contributed by atoms with Crippen molar-refractivity contribution in [3.8, 4) is 22.8 Å². The van der Waals surface area contributed by atoms with E-state index in [2.05, 4.69) is 81.7 Å². The maximum Gasteiger partial charge on any atom is 0.146 e. The first kappa shape index (κ1) is 23.0. The van der Waals surface area contributed by atoms with E-state index in [0.29, 0.717) is 0 Å². The molecule has 4 aromatic carbocycles. The van der Waals surface area contributed by atoms with Crippen LogP contribution >= 0.6 is 0 Å².